The molecular formula is C26H25ClN6O6. The Kier molecular flexibility index (Phi) is 8.25. The quantitative estimate of drug-likeness (QED) is 0.298. The third kappa shape index (κ3) is 6.41. The highest BCUT2D eigenvalue weighted by Gasteiger charge is 2.26. The standard InChI is InChI=1S/C26H25ClN6O6/c1-15(23(34)35)16(2)33-25(36)29-24(32(26(33)37)14-17-4-6-18(27)7-5-17)28-19-8-10-20(11-9-19)39-22-13-12-21(38-3)30-31-22/h4-13,15-16H,14H2,1-3H3,(H,34,35)(H,28,29,36)/t15-,16+/m1/s1. The Bertz CT molecular complexity index is 1570. The van der Waals surface area contributed by atoms with Crippen molar-refractivity contribution in [3.63, 3.8) is 0 Å². The number of nitrogens with zero attached hydrogens (tertiary/aromatic N) is 5. The predicted molar refractivity (Wildman–Crippen MR) is 143 cm³/mol. The molecule has 0 unspecified atom stereocenters. The van der Waals surface area contributed by atoms with Gasteiger partial charge in [0.25, 0.3) is 0 Å². The molecule has 2 aromatic heterocycles. The number of anilines is 2. The van der Waals surface area contributed by atoms with E-state index in [2.05, 4.69) is 20.5 Å². The van der Waals surface area contributed by atoms with Gasteiger partial charge in [-0.05, 0) is 55.8 Å². The molecule has 4 rings (SSSR count). The Labute approximate surface area is 227 Å². The number of benzene rings is 2. The molecule has 13 heteroatoms. The van der Waals surface area contributed by atoms with E-state index in [9.17, 15) is 19.5 Å². The molecule has 0 aliphatic carbocycles. The molecule has 202 valence electrons. The molecule has 0 fully saturated rings. The molecule has 2 N–H and O–H groups in total. The number of carboxylic acid groups (broad SMARTS) is 1. The van der Waals surface area contributed by atoms with Gasteiger partial charge in [0, 0.05) is 22.8 Å². The normalized spacial score (nSPS) is 12.4. The molecule has 0 saturated carbocycles. The van der Waals surface area contributed by atoms with Gasteiger partial charge in [-0.1, -0.05) is 23.7 Å². The lowest BCUT2D eigenvalue weighted by Crippen LogP contribution is -2.46. The van der Waals surface area contributed by atoms with E-state index < -0.39 is 29.3 Å². The van der Waals surface area contributed by atoms with Crippen LogP contribution in [0.3, 0.4) is 0 Å². The average Bonchev–Trinajstić information content (AvgIpc) is 2.92. The zero-order chi connectivity index (χ0) is 28.1. The summed E-state index contributed by atoms with van der Waals surface area (Å²) in [6, 6.07) is 15.8. The molecule has 0 aliphatic rings. The molecule has 0 bridgehead atoms. The third-order valence-electron chi connectivity index (χ3n) is 6.03. The number of carboxylic acids is 1. The minimum absolute atomic E-state index is 0.0129. The average molecular weight is 553 g/mol. The van der Waals surface area contributed by atoms with Gasteiger partial charge >= 0.3 is 17.3 Å². The number of methoxy groups -OCH3 is 1. The lowest BCUT2D eigenvalue weighted by atomic mass is 10.0. The first-order valence-corrected chi connectivity index (χ1v) is 12.2. The second-order valence-corrected chi connectivity index (χ2v) is 9.05. The van der Waals surface area contributed by atoms with E-state index in [1.807, 2.05) is 0 Å². The van der Waals surface area contributed by atoms with Crippen LogP contribution in [0.5, 0.6) is 17.5 Å². The molecular weight excluding hydrogens is 528 g/mol. The first-order valence-electron chi connectivity index (χ1n) is 11.8. The van der Waals surface area contributed by atoms with E-state index in [4.69, 9.17) is 21.1 Å². The van der Waals surface area contributed by atoms with Crippen molar-refractivity contribution >= 4 is 29.2 Å². The Morgan fingerprint density at radius 1 is 1.00 bits per heavy atom. The first-order chi connectivity index (χ1) is 18.7. The fourth-order valence-electron chi connectivity index (χ4n) is 3.62. The molecule has 0 amide bonds. The van der Waals surface area contributed by atoms with E-state index >= 15 is 0 Å². The Morgan fingerprint density at radius 2 is 1.64 bits per heavy atom. The van der Waals surface area contributed by atoms with Crippen LogP contribution in [0.1, 0.15) is 25.5 Å². The highest BCUT2D eigenvalue weighted by Crippen LogP contribution is 2.23. The monoisotopic (exact) mass is 552 g/mol. The van der Waals surface area contributed by atoms with E-state index in [0.29, 0.717) is 22.3 Å². The highest BCUT2D eigenvalue weighted by molar-refractivity contribution is 6.30. The summed E-state index contributed by atoms with van der Waals surface area (Å²) in [6.07, 6.45) is 0. The van der Waals surface area contributed by atoms with Crippen molar-refractivity contribution in [1.29, 1.82) is 0 Å². The second-order valence-electron chi connectivity index (χ2n) is 8.62. The number of hydrogen-bond acceptors (Lipinski definition) is 9. The summed E-state index contributed by atoms with van der Waals surface area (Å²) < 4.78 is 12.8. The summed E-state index contributed by atoms with van der Waals surface area (Å²) in [5, 5.41) is 20.7. The van der Waals surface area contributed by atoms with Crippen LogP contribution in [0.4, 0.5) is 11.6 Å². The van der Waals surface area contributed by atoms with Crippen molar-refractivity contribution in [2.75, 3.05) is 12.4 Å². The van der Waals surface area contributed by atoms with E-state index in [-0.39, 0.29) is 18.4 Å². The van der Waals surface area contributed by atoms with Gasteiger partial charge in [0.15, 0.2) is 0 Å². The number of nitrogens with one attached hydrogen (secondary N) is 1. The van der Waals surface area contributed by atoms with Crippen LogP contribution in [0.25, 0.3) is 0 Å². The van der Waals surface area contributed by atoms with E-state index in [0.717, 1.165) is 10.1 Å². The molecule has 0 spiro atoms. The van der Waals surface area contributed by atoms with Crippen LogP contribution in [-0.2, 0) is 11.3 Å². The van der Waals surface area contributed by atoms with Gasteiger partial charge in [-0.15, -0.1) is 10.2 Å². The van der Waals surface area contributed by atoms with Gasteiger partial charge in [0.05, 0.1) is 25.6 Å². The van der Waals surface area contributed by atoms with Crippen molar-refractivity contribution in [2.24, 2.45) is 5.92 Å². The summed E-state index contributed by atoms with van der Waals surface area (Å²) in [7, 11) is 1.49. The minimum atomic E-state index is -1.14. The lowest BCUT2D eigenvalue weighted by Gasteiger charge is -2.21. The zero-order valence-corrected chi connectivity index (χ0v) is 22.0. The van der Waals surface area contributed by atoms with Gasteiger partial charge in [-0.2, -0.15) is 4.98 Å². The van der Waals surface area contributed by atoms with E-state index in [1.54, 1.807) is 60.7 Å². The van der Waals surface area contributed by atoms with Gasteiger partial charge in [-0.25, -0.2) is 14.2 Å². The molecule has 39 heavy (non-hydrogen) atoms. The van der Waals surface area contributed by atoms with Gasteiger partial charge in [0.2, 0.25) is 17.7 Å². The summed E-state index contributed by atoms with van der Waals surface area (Å²) in [6.45, 7) is 2.97. The Morgan fingerprint density at radius 3 is 2.23 bits per heavy atom. The molecule has 2 atom stereocenters. The number of carbonyl (C=O) groups is 1. The van der Waals surface area contributed by atoms with Gasteiger partial charge in [-0.3, -0.25) is 9.36 Å². The minimum Gasteiger partial charge on any atom is -0.481 e. The van der Waals surface area contributed by atoms with Crippen LogP contribution < -0.4 is 26.2 Å². The smallest absolute Gasteiger partial charge is 0.355 e. The fraction of sp³-hybridized carbons (Fsp3) is 0.231. The number of halogens is 1. The first kappa shape index (κ1) is 27.3. The second kappa shape index (κ2) is 11.8. The van der Waals surface area contributed by atoms with Crippen molar-refractivity contribution in [3.05, 3.63) is 92.2 Å². The third-order valence-corrected chi connectivity index (χ3v) is 6.28. The largest absolute Gasteiger partial charge is 0.481 e. The van der Waals surface area contributed by atoms with Crippen molar-refractivity contribution in [3.8, 4) is 17.5 Å². The molecule has 0 saturated heterocycles. The zero-order valence-electron chi connectivity index (χ0n) is 21.2. The van der Waals surface area contributed by atoms with Crippen molar-refractivity contribution in [2.45, 2.75) is 26.4 Å². The lowest BCUT2D eigenvalue weighted by molar-refractivity contribution is -0.142. The summed E-state index contributed by atoms with van der Waals surface area (Å²) >= 11 is 6.00. The maximum Gasteiger partial charge on any atom is 0.355 e. The maximum absolute atomic E-state index is 13.5. The molecule has 2 heterocycles. The Hall–Kier alpha value is -4.71. The van der Waals surface area contributed by atoms with Crippen molar-refractivity contribution < 1.29 is 19.4 Å². The summed E-state index contributed by atoms with van der Waals surface area (Å²) in [5.74, 6) is -1.05. The topological polar surface area (TPSA) is 150 Å². The number of hydrogen-bond donors (Lipinski definition) is 2. The number of rotatable bonds is 10. The van der Waals surface area contributed by atoms with Gasteiger partial charge < -0.3 is 19.9 Å². The van der Waals surface area contributed by atoms with E-state index in [1.165, 1.54) is 25.5 Å². The molecule has 2 aromatic carbocycles. The van der Waals surface area contributed by atoms with Crippen LogP contribution in [0.2, 0.25) is 5.02 Å². The molecule has 12 nitrogen and oxygen atoms in total. The van der Waals surface area contributed by atoms with Crippen molar-refractivity contribution in [1.82, 2.24) is 24.3 Å². The molecule has 0 aliphatic heterocycles. The van der Waals surface area contributed by atoms with Crippen LogP contribution in [-0.4, -0.2) is 42.5 Å². The van der Waals surface area contributed by atoms with Gasteiger partial charge in [0.1, 0.15) is 5.75 Å². The highest BCUT2D eigenvalue weighted by atomic mass is 35.5. The molecule has 0 radical (unpaired) electrons. The summed E-state index contributed by atoms with van der Waals surface area (Å²) in [4.78, 5) is 42.1. The van der Waals surface area contributed by atoms with Crippen LogP contribution >= 0.6 is 11.6 Å². The number of aliphatic carboxylic acids is 1. The number of aromatic nitrogens is 5. The predicted octanol–water partition coefficient (Wildman–Crippen LogP) is 3.72. The SMILES string of the molecule is COc1ccc(Oc2ccc(Nc3nc(=O)n([C@@H](C)[C@@H](C)C(=O)O)c(=O)n3Cc3ccc(Cl)cc3)cc2)nn1. The van der Waals surface area contributed by atoms with Crippen LogP contribution in [0, 0.1) is 5.92 Å². The number of ether oxygens (including phenoxy) is 2. The molecule has 4 aromatic rings. The fourth-order valence-corrected chi connectivity index (χ4v) is 3.75. The maximum atomic E-state index is 13.5. The summed E-state index contributed by atoms with van der Waals surface area (Å²) in [5.41, 5.74) is -0.330. The van der Waals surface area contributed by atoms with Crippen LogP contribution in [0.15, 0.2) is 70.3 Å². The Balaban J connectivity index is 1.66.